The topological polar surface area (TPSA) is 58.2 Å². The van der Waals surface area contributed by atoms with Gasteiger partial charge in [-0.25, -0.2) is 17.5 Å². The van der Waals surface area contributed by atoms with Gasteiger partial charge in [0.25, 0.3) is 0 Å². The first-order chi connectivity index (χ1) is 8.86. The second kappa shape index (κ2) is 6.98. The fraction of sp³-hybridized carbons (Fsp3) is 0.538. The number of halogens is 1. The van der Waals surface area contributed by atoms with Gasteiger partial charge < -0.3 is 5.32 Å². The third kappa shape index (κ3) is 4.89. The largest absolute Gasteiger partial charge is 0.310 e. The van der Waals surface area contributed by atoms with Crippen molar-refractivity contribution < 1.29 is 12.8 Å². The van der Waals surface area contributed by atoms with Crippen LogP contribution in [-0.4, -0.2) is 21.0 Å². The van der Waals surface area contributed by atoms with Gasteiger partial charge in [-0.1, -0.05) is 26.8 Å². The predicted octanol–water partition coefficient (Wildman–Crippen LogP) is 2.01. The summed E-state index contributed by atoms with van der Waals surface area (Å²) in [6, 6.07) is 4.44. The Kier molecular flexibility index (Phi) is 5.90. The summed E-state index contributed by atoms with van der Waals surface area (Å²) in [5.74, 6) is -0.725. The van der Waals surface area contributed by atoms with Crippen LogP contribution in [0, 0.1) is 5.82 Å². The van der Waals surface area contributed by atoms with Gasteiger partial charge in [-0.2, -0.15) is 0 Å². The van der Waals surface area contributed by atoms with E-state index in [4.69, 9.17) is 0 Å². The van der Waals surface area contributed by atoms with Gasteiger partial charge in [0.1, 0.15) is 10.7 Å². The Morgan fingerprint density at radius 2 is 2.00 bits per heavy atom. The lowest BCUT2D eigenvalue weighted by atomic mass is 10.2. The first-order valence-corrected chi connectivity index (χ1v) is 7.86. The van der Waals surface area contributed by atoms with Crippen molar-refractivity contribution in [3.63, 3.8) is 0 Å². The van der Waals surface area contributed by atoms with Gasteiger partial charge in [0, 0.05) is 19.1 Å². The monoisotopic (exact) mass is 288 g/mol. The van der Waals surface area contributed by atoms with E-state index in [1.807, 2.05) is 20.8 Å². The molecule has 0 radical (unpaired) electrons. The van der Waals surface area contributed by atoms with Crippen molar-refractivity contribution in [2.75, 3.05) is 6.54 Å². The van der Waals surface area contributed by atoms with Crippen LogP contribution in [0.25, 0.3) is 0 Å². The van der Waals surface area contributed by atoms with E-state index in [1.54, 1.807) is 6.07 Å². The lowest BCUT2D eigenvalue weighted by Crippen LogP contribution is -2.26. The standard InChI is InChI=1S/C13H21FN2O2S/c1-4-7-16-19(17,18)13-8-11(5-6-12(13)14)9-15-10(2)3/h5-6,8,10,15-16H,4,7,9H2,1-3H3. The summed E-state index contributed by atoms with van der Waals surface area (Å²) < 4.78 is 39.9. The molecule has 0 unspecified atom stereocenters. The van der Waals surface area contributed by atoms with Crippen LogP contribution < -0.4 is 10.0 Å². The number of rotatable bonds is 7. The van der Waals surface area contributed by atoms with Crippen molar-refractivity contribution in [3.05, 3.63) is 29.6 Å². The highest BCUT2D eigenvalue weighted by molar-refractivity contribution is 7.89. The van der Waals surface area contributed by atoms with Crippen LogP contribution in [0.5, 0.6) is 0 Å². The van der Waals surface area contributed by atoms with Crippen molar-refractivity contribution in [2.24, 2.45) is 0 Å². The molecule has 0 spiro atoms. The van der Waals surface area contributed by atoms with E-state index in [1.165, 1.54) is 12.1 Å². The van der Waals surface area contributed by atoms with Crippen molar-refractivity contribution in [3.8, 4) is 0 Å². The van der Waals surface area contributed by atoms with Gasteiger partial charge in [-0.15, -0.1) is 0 Å². The van der Waals surface area contributed by atoms with E-state index in [2.05, 4.69) is 10.0 Å². The summed E-state index contributed by atoms with van der Waals surface area (Å²) in [5.41, 5.74) is 0.743. The molecule has 19 heavy (non-hydrogen) atoms. The van der Waals surface area contributed by atoms with E-state index in [0.29, 0.717) is 19.5 Å². The zero-order chi connectivity index (χ0) is 14.5. The van der Waals surface area contributed by atoms with Crippen molar-refractivity contribution >= 4 is 10.0 Å². The van der Waals surface area contributed by atoms with Crippen LogP contribution >= 0.6 is 0 Å². The molecule has 6 heteroatoms. The van der Waals surface area contributed by atoms with Crippen LogP contribution in [0.2, 0.25) is 0 Å². The Bertz CT molecular complexity index is 515. The SMILES string of the molecule is CCCNS(=O)(=O)c1cc(CNC(C)C)ccc1F. The molecule has 0 saturated heterocycles. The molecule has 1 rings (SSSR count). The molecule has 2 N–H and O–H groups in total. The molecular weight excluding hydrogens is 267 g/mol. The number of nitrogens with one attached hydrogen (secondary N) is 2. The third-order valence-electron chi connectivity index (χ3n) is 2.54. The van der Waals surface area contributed by atoms with Crippen LogP contribution in [0.15, 0.2) is 23.1 Å². The lowest BCUT2D eigenvalue weighted by molar-refractivity contribution is 0.552. The lowest BCUT2D eigenvalue weighted by Gasteiger charge is -2.11. The van der Waals surface area contributed by atoms with Gasteiger partial charge in [0.15, 0.2) is 0 Å². The molecule has 0 aliphatic carbocycles. The molecule has 0 bridgehead atoms. The first-order valence-electron chi connectivity index (χ1n) is 6.38. The van der Waals surface area contributed by atoms with E-state index in [0.717, 1.165) is 5.56 Å². The van der Waals surface area contributed by atoms with Crippen LogP contribution in [0.1, 0.15) is 32.8 Å². The molecule has 1 aromatic carbocycles. The highest BCUT2D eigenvalue weighted by Gasteiger charge is 2.18. The molecule has 0 heterocycles. The second-order valence-corrected chi connectivity index (χ2v) is 6.43. The van der Waals surface area contributed by atoms with Gasteiger partial charge in [0.05, 0.1) is 0 Å². The van der Waals surface area contributed by atoms with Crippen molar-refractivity contribution in [1.29, 1.82) is 0 Å². The summed E-state index contributed by atoms with van der Waals surface area (Å²) in [6.07, 6.45) is 0.662. The number of hydrogen-bond donors (Lipinski definition) is 2. The zero-order valence-electron chi connectivity index (χ0n) is 11.5. The van der Waals surface area contributed by atoms with E-state index in [-0.39, 0.29) is 10.9 Å². The maximum Gasteiger partial charge on any atom is 0.243 e. The smallest absolute Gasteiger partial charge is 0.243 e. The Balaban J connectivity index is 2.96. The zero-order valence-corrected chi connectivity index (χ0v) is 12.3. The van der Waals surface area contributed by atoms with Gasteiger partial charge in [-0.3, -0.25) is 0 Å². The molecule has 0 aromatic heterocycles. The minimum atomic E-state index is -3.77. The molecule has 0 aliphatic heterocycles. The minimum Gasteiger partial charge on any atom is -0.310 e. The summed E-state index contributed by atoms with van der Waals surface area (Å²) in [7, 11) is -3.77. The number of benzene rings is 1. The molecule has 4 nitrogen and oxygen atoms in total. The molecular formula is C13H21FN2O2S. The quantitative estimate of drug-likeness (QED) is 0.807. The molecule has 0 saturated carbocycles. The number of hydrogen-bond acceptors (Lipinski definition) is 3. The summed E-state index contributed by atoms with van der Waals surface area (Å²) in [6.45, 7) is 6.64. The Labute approximate surface area is 114 Å². The van der Waals surface area contributed by atoms with E-state index in [9.17, 15) is 12.8 Å². The van der Waals surface area contributed by atoms with Crippen LogP contribution in [0.4, 0.5) is 4.39 Å². The molecule has 0 amide bonds. The molecule has 1 aromatic rings. The Hall–Kier alpha value is -0.980. The fourth-order valence-corrected chi connectivity index (χ4v) is 2.76. The maximum absolute atomic E-state index is 13.7. The van der Waals surface area contributed by atoms with Gasteiger partial charge in [0.2, 0.25) is 10.0 Å². The minimum absolute atomic E-state index is 0.281. The maximum atomic E-state index is 13.7. The van der Waals surface area contributed by atoms with E-state index >= 15 is 0 Å². The van der Waals surface area contributed by atoms with Crippen LogP contribution in [0.3, 0.4) is 0 Å². The molecule has 0 atom stereocenters. The Morgan fingerprint density at radius 1 is 1.32 bits per heavy atom. The third-order valence-corrected chi connectivity index (χ3v) is 4.02. The first kappa shape index (κ1) is 16.1. The normalized spacial score (nSPS) is 12.1. The fourth-order valence-electron chi connectivity index (χ4n) is 1.50. The Morgan fingerprint density at radius 3 is 2.58 bits per heavy atom. The average molecular weight is 288 g/mol. The van der Waals surface area contributed by atoms with Gasteiger partial charge in [-0.05, 0) is 24.1 Å². The van der Waals surface area contributed by atoms with Crippen molar-refractivity contribution in [1.82, 2.24) is 10.0 Å². The van der Waals surface area contributed by atoms with Gasteiger partial charge >= 0.3 is 0 Å². The second-order valence-electron chi connectivity index (χ2n) is 4.70. The molecule has 108 valence electrons. The van der Waals surface area contributed by atoms with Crippen molar-refractivity contribution in [2.45, 2.75) is 44.7 Å². The van der Waals surface area contributed by atoms with E-state index < -0.39 is 15.8 Å². The number of sulfonamides is 1. The predicted molar refractivity (Wildman–Crippen MR) is 73.9 cm³/mol. The summed E-state index contributed by atoms with van der Waals surface area (Å²) >= 11 is 0. The molecule has 0 aliphatic rings. The molecule has 0 fully saturated rings. The average Bonchev–Trinajstić information content (AvgIpc) is 2.35. The summed E-state index contributed by atoms with van der Waals surface area (Å²) in [4.78, 5) is -0.288. The van der Waals surface area contributed by atoms with Crippen LogP contribution in [-0.2, 0) is 16.6 Å². The highest BCUT2D eigenvalue weighted by atomic mass is 32.2. The summed E-state index contributed by atoms with van der Waals surface area (Å²) in [5, 5.41) is 3.17. The highest BCUT2D eigenvalue weighted by Crippen LogP contribution is 2.16.